The molecule has 0 radical (unpaired) electrons. The van der Waals surface area contributed by atoms with Crippen molar-refractivity contribution >= 4 is 76.1 Å². The summed E-state index contributed by atoms with van der Waals surface area (Å²) in [4.78, 5) is 26.3. The van der Waals surface area contributed by atoms with Crippen molar-refractivity contribution in [1.29, 1.82) is 0 Å². The molecule has 0 aliphatic carbocycles. The molecule has 13 rings (SSSR count). The summed E-state index contributed by atoms with van der Waals surface area (Å²) in [6, 6.07) is 67.4. The van der Waals surface area contributed by atoms with Crippen molar-refractivity contribution in [2.45, 2.75) is 0 Å². The monoisotopic (exact) mass is 803 g/mol. The number of aromatic nitrogens is 5. The molecule has 63 heavy (non-hydrogen) atoms. The maximum Gasteiger partial charge on any atom is 0.164 e. The minimum Gasteiger partial charge on any atom is -0.456 e. The predicted octanol–water partition coefficient (Wildman–Crippen LogP) is 14.7. The van der Waals surface area contributed by atoms with Gasteiger partial charge in [-0.25, -0.2) is 19.9 Å². The lowest BCUT2D eigenvalue weighted by atomic mass is 9.91. The highest BCUT2D eigenvalue weighted by Gasteiger charge is 2.19. The van der Waals surface area contributed by atoms with Crippen LogP contribution >= 0.6 is 0 Å². The molecule has 0 amide bonds. The van der Waals surface area contributed by atoms with Gasteiger partial charge in [0.05, 0.1) is 22.9 Å². The van der Waals surface area contributed by atoms with Gasteiger partial charge in [-0.05, 0) is 92.0 Å². The molecule has 0 aliphatic heterocycles. The Balaban J connectivity index is 1.08. The molecule has 0 bridgehead atoms. The van der Waals surface area contributed by atoms with Crippen LogP contribution < -0.4 is 0 Å². The Morgan fingerprint density at radius 3 is 1.60 bits per heavy atom. The molecule has 0 fully saturated rings. The molecule has 3 heterocycles. The summed E-state index contributed by atoms with van der Waals surface area (Å²) in [5.74, 6) is 1.70. The second-order valence-corrected chi connectivity index (χ2v) is 16.0. The van der Waals surface area contributed by atoms with E-state index in [-0.39, 0.29) is 0 Å². The summed E-state index contributed by atoms with van der Waals surface area (Å²) in [6.45, 7) is 0. The van der Waals surface area contributed by atoms with Crippen LogP contribution in [0.3, 0.4) is 0 Å². The van der Waals surface area contributed by atoms with Gasteiger partial charge in [-0.3, -0.25) is 4.98 Å². The van der Waals surface area contributed by atoms with Crippen LogP contribution in [0.4, 0.5) is 0 Å². The number of benzene rings is 10. The maximum absolute atomic E-state index is 6.20. The highest BCUT2D eigenvalue weighted by Crippen LogP contribution is 2.40. The van der Waals surface area contributed by atoms with Crippen molar-refractivity contribution < 1.29 is 4.42 Å². The Morgan fingerprint density at radius 2 is 0.841 bits per heavy atom. The fraction of sp³-hybridized carbons (Fsp3) is 0. The van der Waals surface area contributed by atoms with Crippen LogP contribution in [0.25, 0.3) is 133 Å². The molecular weight excluding hydrogens is 771 g/mol. The third kappa shape index (κ3) is 5.76. The highest BCUT2D eigenvalue weighted by atomic mass is 16.3. The first-order chi connectivity index (χ1) is 31.2. The van der Waals surface area contributed by atoms with Crippen molar-refractivity contribution in [3.05, 3.63) is 200 Å². The Kier molecular flexibility index (Phi) is 7.80. The number of hydrogen-bond acceptors (Lipinski definition) is 6. The molecule has 0 unspecified atom stereocenters. The van der Waals surface area contributed by atoms with E-state index in [1.165, 1.54) is 10.8 Å². The van der Waals surface area contributed by atoms with E-state index in [0.717, 1.165) is 104 Å². The summed E-state index contributed by atoms with van der Waals surface area (Å²) in [7, 11) is 0. The Bertz CT molecular complexity index is 3950. The van der Waals surface area contributed by atoms with E-state index in [4.69, 9.17) is 29.3 Å². The molecule has 0 aliphatic rings. The van der Waals surface area contributed by atoms with Crippen molar-refractivity contribution in [3.63, 3.8) is 0 Å². The molecule has 0 atom stereocenters. The van der Waals surface area contributed by atoms with Crippen molar-refractivity contribution in [3.8, 4) is 56.5 Å². The number of fused-ring (bicyclic) bond motifs is 12. The Hall–Kier alpha value is -8.61. The molecule has 6 nitrogen and oxygen atoms in total. The van der Waals surface area contributed by atoms with Crippen molar-refractivity contribution in [2.24, 2.45) is 0 Å². The zero-order valence-corrected chi connectivity index (χ0v) is 33.7. The van der Waals surface area contributed by atoms with Gasteiger partial charge >= 0.3 is 0 Å². The van der Waals surface area contributed by atoms with E-state index < -0.39 is 0 Å². The zero-order chi connectivity index (χ0) is 41.4. The van der Waals surface area contributed by atoms with Crippen molar-refractivity contribution in [1.82, 2.24) is 24.9 Å². The maximum atomic E-state index is 6.20. The second kappa shape index (κ2) is 14.0. The zero-order valence-electron chi connectivity index (χ0n) is 33.7. The summed E-state index contributed by atoms with van der Waals surface area (Å²) >= 11 is 0. The lowest BCUT2D eigenvalue weighted by Gasteiger charge is -2.15. The smallest absolute Gasteiger partial charge is 0.164 e. The standard InChI is InChI=1S/C57H33N5O/c1-2-14-34(15-3-1)55-60-56(36-26-27-52-49(32-36)45-22-12-13-25-51(45)63-52)62-57(61-55)39-29-37(48-31-35-16-4-5-17-40(35)41-18-6-7-21-44(41)48)28-38(30-39)50-33-58-53-46-23-10-8-19-42(46)43-20-9-11-24-47(43)54(53)59-50/h1-33H. The minimum absolute atomic E-state index is 0.550. The van der Waals surface area contributed by atoms with Crippen LogP contribution in [0, 0.1) is 0 Å². The van der Waals surface area contributed by atoms with Crippen LogP contribution in [0.5, 0.6) is 0 Å². The molecular formula is C57H33N5O. The van der Waals surface area contributed by atoms with Gasteiger partial charge in [-0.15, -0.1) is 0 Å². The molecule has 292 valence electrons. The van der Waals surface area contributed by atoms with E-state index in [0.29, 0.717) is 17.5 Å². The molecule has 0 spiro atoms. The van der Waals surface area contributed by atoms with E-state index >= 15 is 0 Å². The fourth-order valence-electron chi connectivity index (χ4n) is 9.33. The summed E-state index contributed by atoms with van der Waals surface area (Å²) < 4.78 is 6.20. The first kappa shape index (κ1) is 35.2. The lowest BCUT2D eigenvalue weighted by Crippen LogP contribution is -2.01. The van der Waals surface area contributed by atoms with Crippen LogP contribution in [0.2, 0.25) is 0 Å². The minimum atomic E-state index is 0.550. The van der Waals surface area contributed by atoms with Gasteiger partial charge in [-0.1, -0.05) is 146 Å². The van der Waals surface area contributed by atoms with E-state index in [1.807, 2.05) is 66.9 Å². The normalized spacial score (nSPS) is 11.8. The first-order valence-electron chi connectivity index (χ1n) is 21.1. The van der Waals surface area contributed by atoms with E-state index in [9.17, 15) is 0 Å². The second-order valence-electron chi connectivity index (χ2n) is 16.0. The molecule has 13 aromatic rings. The highest BCUT2D eigenvalue weighted by molar-refractivity contribution is 6.23. The molecule has 3 aromatic heterocycles. The number of hydrogen-bond donors (Lipinski definition) is 0. The van der Waals surface area contributed by atoms with Gasteiger partial charge in [0.2, 0.25) is 0 Å². The number of para-hydroxylation sites is 1. The molecule has 0 N–H and O–H groups in total. The Morgan fingerprint density at radius 1 is 0.302 bits per heavy atom. The van der Waals surface area contributed by atoms with E-state index in [1.54, 1.807) is 0 Å². The average molecular weight is 804 g/mol. The Labute approximate surface area is 360 Å². The molecule has 10 aromatic carbocycles. The van der Waals surface area contributed by atoms with Gasteiger partial charge in [0.15, 0.2) is 17.5 Å². The van der Waals surface area contributed by atoms with Crippen LogP contribution in [0.15, 0.2) is 205 Å². The third-order valence-electron chi connectivity index (χ3n) is 12.3. The van der Waals surface area contributed by atoms with Gasteiger partial charge in [0.25, 0.3) is 0 Å². The lowest BCUT2D eigenvalue weighted by molar-refractivity contribution is 0.669. The van der Waals surface area contributed by atoms with Gasteiger partial charge < -0.3 is 4.42 Å². The largest absolute Gasteiger partial charge is 0.456 e. The number of rotatable bonds is 5. The van der Waals surface area contributed by atoms with E-state index in [2.05, 4.69) is 133 Å². The molecule has 6 heteroatoms. The summed E-state index contributed by atoms with van der Waals surface area (Å²) in [5, 5.41) is 11.2. The van der Waals surface area contributed by atoms with Crippen molar-refractivity contribution in [2.75, 3.05) is 0 Å². The third-order valence-corrected chi connectivity index (χ3v) is 12.3. The molecule has 0 saturated heterocycles. The first-order valence-corrected chi connectivity index (χ1v) is 21.1. The molecule has 0 saturated carbocycles. The summed E-state index contributed by atoms with van der Waals surface area (Å²) in [5.41, 5.74) is 9.77. The SMILES string of the molecule is c1ccc(-c2nc(-c3cc(-c4cnc5c6ccccc6c6ccccc6c5n4)cc(-c4cc5ccccc5c5ccccc45)c3)nc(-c3ccc4oc5ccccc5c4c3)n2)cc1. The van der Waals surface area contributed by atoms with Crippen LogP contribution in [-0.2, 0) is 0 Å². The van der Waals surface area contributed by atoms with Gasteiger partial charge in [-0.2, -0.15) is 0 Å². The predicted molar refractivity (Wildman–Crippen MR) is 257 cm³/mol. The van der Waals surface area contributed by atoms with Gasteiger partial charge in [0.1, 0.15) is 11.2 Å². The fourth-order valence-corrected chi connectivity index (χ4v) is 9.33. The van der Waals surface area contributed by atoms with Gasteiger partial charge in [0, 0.05) is 43.8 Å². The topological polar surface area (TPSA) is 77.6 Å². The van der Waals surface area contributed by atoms with Crippen LogP contribution in [-0.4, -0.2) is 24.9 Å². The average Bonchev–Trinajstić information content (AvgIpc) is 3.74. The number of nitrogens with zero attached hydrogens (tertiary/aromatic N) is 5. The quantitative estimate of drug-likeness (QED) is 0.161. The number of furan rings is 1. The van der Waals surface area contributed by atoms with Crippen LogP contribution in [0.1, 0.15) is 0 Å². The summed E-state index contributed by atoms with van der Waals surface area (Å²) in [6.07, 6.45) is 1.91.